The third kappa shape index (κ3) is 4.28. The second-order valence-electron chi connectivity index (χ2n) is 6.83. The zero-order valence-corrected chi connectivity index (χ0v) is 17.2. The van der Waals surface area contributed by atoms with Crippen LogP contribution in [0.5, 0.6) is 0 Å². The zero-order valence-electron chi connectivity index (χ0n) is 16.4. The van der Waals surface area contributed by atoms with Crippen LogP contribution < -0.4 is 5.32 Å². The van der Waals surface area contributed by atoms with Gasteiger partial charge < -0.3 is 8.83 Å². The summed E-state index contributed by atoms with van der Waals surface area (Å²) in [6.45, 7) is 3.66. The van der Waals surface area contributed by atoms with Crippen LogP contribution in [0.3, 0.4) is 0 Å². The fraction of sp³-hybridized carbons (Fsp3) is 0.182. The molecule has 2 aromatic heterocycles. The van der Waals surface area contributed by atoms with Crippen LogP contribution in [-0.2, 0) is 11.2 Å². The standard InChI is InChI=1S/C22H18N2O5S/c1-12-3-10-18(28-12)21-23-16(13(2)29-21)8-9-17(25)15-6-4-14(5-7-15)11-19-20(26)24-22(27)30-19/h3-7,10-11H,8-9H2,1-2H3,(H,24,26,27)/b19-11+. The lowest BCUT2D eigenvalue weighted by Gasteiger charge is -2.02. The highest BCUT2D eigenvalue weighted by Gasteiger charge is 2.24. The van der Waals surface area contributed by atoms with Crippen molar-refractivity contribution in [3.05, 3.63) is 69.6 Å². The Kier molecular flexibility index (Phi) is 5.41. The third-order valence-electron chi connectivity index (χ3n) is 4.61. The highest BCUT2D eigenvalue weighted by Crippen LogP contribution is 2.26. The van der Waals surface area contributed by atoms with Crippen LogP contribution in [0, 0.1) is 13.8 Å². The largest absolute Gasteiger partial charge is 0.456 e. The molecule has 4 rings (SSSR count). The van der Waals surface area contributed by atoms with Gasteiger partial charge in [-0.3, -0.25) is 19.7 Å². The first kappa shape index (κ1) is 19.9. The summed E-state index contributed by atoms with van der Waals surface area (Å²) in [7, 11) is 0. The number of imide groups is 1. The molecule has 30 heavy (non-hydrogen) atoms. The van der Waals surface area contributed by atoms with Crippen LogP contribution in [0.2, 0.25) is 0 Å². The second kappa shape index (κ2) is 8.16. The van der Waals surface area contributed by atoms with E-state index >= 15 is 0 Å². The molecule has 1 aliphatic rings. The molecule has 0 atom stereocenters. The van der Waals surface area contributed by atoms with E-state index in [9.17, 15) is 14.4 Å². The van der Waals surface area contributed by atoms with Crippen LogP contribution in [0.25, 0.3) is 17.7 Å². The summed E-state index contributed by atoms with van der Waals surface area (Å²) < 4.78 is 11.2. The highest BCUT2D eigenvalue weighted by molar-refractivity contribution is 8.18. The number of nitrogens with zero attached hydrogens (tertiary/aromatic N) is 1. The lowest BCUT2D eigenvalue weighted by atomic mass is 10.0. The average molecular weight is 422 g/mol. The number of aromatic nitrogens is 1. The van der Waals surface area contributed by atoms with Gasteiger partial charge in [0.15, 0.2) is 11.5 Å². The number of carbonyl (C=O) groups excluding carboxylic acids is 3. The molecule has 3 aromatic rings. The summed E-state index contributed by atoms with van der Waals surface area (Å²) in [6.07, 6.45) is 2.37. The topological polar surface area (TPSA) is 102 Å². The van der Waals surface area contributed by atoms with E-state index in [-0.39, 0.29) is 17.4 Å². The van der Waals surface area contributed by atoms with Gasteiger partial charge in [0.25, 0.3) is 17.0 Å². The Bertz CT molecular complexity index is 1170. The van der Waals surface area contributed by atoms with Gasteiger partial charge in [-0.05, 0) is 49.4 Å². The van der Waals surface area contributed by atoms with Crippen molar-refractivity contribution in [1.29, 1.82) is 0 Å². The van der Waals surface area contributed by atoms with Crippen molar-refractivity contribution in [2.45, 2.75) is 26.7 Å². The first-order valence-electron chi connectivity index (χ1n) is 9.30. The van der Waals surface area contributed by atoms with Gasteiger partial charge >= 0.3 is 0 Å². The zero-order chi connectivity index (χ0) is 21.3. The van der Waals surface area contributed by atoms with Crippen LogP contribution >= 0.6 is 11.8 Å². The molecular weight excluding hydrogens is 404 g/mol. The van der Waals surface area contributed by atoms with Gasteiger partial charge in [-0.2, -0.15) is 0 Å². The molecule has 1 saturated heterocycles. The molecular formula is C22H18N2O5S. The van der Waals surface area contributed by atoms with Gasteiger partial charge in [0.1, 0.15) is 11.5 Å². The van der Waals surface area contributed by atoms with Gasteiger partial charge in [0, 0.05) is 18.4 Å². The van der Waals surface area contributed by atoms with E-state index in [2.05, 4.69) is 10.3 Å². The molecule has 1 aliphatic heterocycles. The Labute approximate surface area is 176 Å². The van der Waals surface area contributed by atoms with E-state index < -0.39 is 5.91 Å². The van der Waals surface area contributed by atoms with Crippen molar-refractivity contribution in [2.75, 3.05) is 0 Å². The Balaban J connectivity index is 1.40. The molecule has 0 saturated carbocycles. The van der Waals surface area contributed by atoms with E-state index in [0.29, 0.717) is 34.3 Å². The maximum absolute atomic E-state index is 12.6. The number of carbonyl (C=O) groups is 3. The number of hydrogen-bond donors (Lipinski definition) is 1. The normalized spacial score (nSPS) is 15.1. The maximum Gasteiger partial charge on any atom is 0.290 e. The molecule has 0 spiro atoms. The van der Waals surface area contributed by atoms with E-state index in [4.69, 9.17) is 8.83 Å². The molecule has 7 nitrogen and oxygen atoms in total. The Morgan fingerprint density at radius 3 is 2.50 bits per heavy atom. The van der Waals surface area contributed by atoms with Crippen molar-refractivity contribution in [3.63, 3.8) is 0 Å². The van der Waals surface area contributed by atoms with Gasteiger partial charge in [-0.15, -0.1) is 0 Å². The summed E-state index contributed by atoms with van der Waals surface area (Å²) in [4.78, 5) is 40.2. The minimum absolute atomic E-state index is 0.0184. The Hall–Kier alpha value is -3.39. The maximum atomic E-state index is 12.6. The molecule has 1 fully saturated rings. The lowest BCUT2D eigenvalue weighted by Crippen LogP contribution is -2.17. The Morgan fingerprint density at radius 2 is 1.87 bits per heavy atom. The van der Waals surface area contributed by atoms with Crippen LogP contribution in [0.1, 0.15) is 39.6 Å². The SMILES string of the molecule is Cc1ccc(-c2nc(CCC(=O)c3ccc(/C=C4/SC(=O)NC4=O)cc3)c(C)o2)o1. The number of thioether (sulfide) groups is 1. The molecule has 3 heterocycles. The lowest BCUT2D eigenvalue weighted by molar-refractivity contribution is -0.115. The fourth-order valence-electron chi connectivity index (χ4n) is 3.03. The molecule has 0 radical (unpaired) electrons. The number of ketones is 1. The predicted octanol–water partition coefficient (Wildman–Crippen LogP) is 4.69. The number of hydrogen-bond acceptors (Lipinski definition) is 7. The smallest absolute Gasteiger partial charge is 0.290 e. The molecule has 0 aliphatic carbocycles. The van der Waals surface area contributed by atoms with Crippen molar-refractivity contribution in [3.8, 4) is 11.7 Å². The quantitative estimate of drug-likeness (QED) is 0.454. The van der Waals surface area contributed by atoms with Gasteiger partial charge in [0.2, 0.25) is 0 Å². The number of Topliss-reactive ketones (excluding diaryl/α,β-unsaturated/α-hetero) is 1. The summed E-state index contributed by atoms with van der Waals surface area (Å²) in [6, 6.07) is 10.6. The predicted molar refractivity (Wildman–Crippen MR) is 112 cm³/mol. The Morgan fingerprint density at radius 1 is 1.10 bits per heavy atom. The van der Waals surface area contributed by atoms with Crippen LogP contribution in [0.15, 0.2) is 50.1 Å². The number of amides is 2. The average Bonchev–Trinajstić information content (AvgIpc) is 3.39. The van der Waals surface area contributed by atoms with Crippen molar-refractivity contribution in [1.82, 2.24) is 10.3 Å². The van der Waals surface area contributed by atoms with Crippen LogP contribution in [-0.4, -0.2) is 21.9 Å². The summed E-state index contributed by atoms with van der Waals surface area (Å²) in [5.74, 6) is 1.99. The third-order valence-corrected chi connectivity index (χ3v) is 5.42. The number of aryl methyl sites for hydroxylation is 3. The van der Waals surface area contributed by atoms with E-state index in [1.807, 2.05) is 19.9 Å². The number of furan rings is 1. The molecule has 1 N–H and O–H groups in total. The van der Waals surface area contributed by atoms with Crippen molar-refractivity contribution in [2.24, 2.45) is 0 Å². The van der Waals surface area contributed by atoms with Crippen LogP contribution in [0.4, 0.5) is 4.79 Å². The second-order valence-corrected chi connectivity index (χ2v) is 7.84. The molecule has 152 valence electrons. The molecule has 2 amide bonds. The number of oxazole rings is 1. The first-order chi connectivity index (χ1) is 14.4. The monoisotopic (exact) mass is 422 g/mol. The van der Waals surface area contributed by atoms with Gasteiger partial charge in [-0.25, -0.2) is 4.98 Å². The first-order valence-corrected chi connectivity index (χ1v) is 10.1. The number of nitrogens with one attached hydrogen (secondary N) is 1. The number of rotatable bonds is 6. The minimum Gasteiger partial charge on any atom is -0.456 e. The minimum atomic E-state index is -0.405. The molecule has 1 aromatic carbocycles. The highest BCUT2D eigenvalue weighted by atomic mass is 32.2. The van der Waals surface area contributed by atoms with Gasteiger partial charge in [-0.1, -0.05) is 24.3 Å². The summed E-state index contributed by atoms with van der Waals surface area (Å²) in [5.41, 5.74) is 2.03. The number of benzene rings is 1. The molecule has 0 bridgehead atoms. The van der Waals surface area contributed by atoms with E-state index in [1.54, 1.807) is 36.4 Å². The van der Waals surface area contributed by atoms with Crippen molar-refractivity contribution < 1.29 is 23.2 Å². The van der Waals surface area contributed by atoms with Crippen molar-refractivity contribution >= 4 is 34.8 Å². The summed E-state index contributed by atoms with van der Waals surface area (Å²) in [5, 5.41) is 1.83. The summed E-state index contributed by atoms with van der Waals surface area (Å²) >= 11 is 0.860. The molecule has 8 heteroatoms. The van der Waals surface area contributed by atoms with E-state index in [0.717, 1.165) is 28.8 Å². The molecule has 0 unspecified atom stereocenters. The van der Waals surface area contributed by atoms with E-state index in [1.165, 1.54) is 0 Å². The van der Waals surface area contributed by atoms with Gasteiger partial charge in [0.05, 0.1) is 10.6 Å². The fourth-order valence-corrected chi connectivity index (χ4v) is 3.71.